The predicted octanol–water partition coefficient (Wildman–Crippen LogP) is 4.59. The fourth-order valence-electron chi connectivity index (χ4n) is 5.90. The highest BCUT2D eigenvalue weighted by Crippen LogP contribution is 2.51. The minimum atomic E-state index is -1.07. The number of amides is 3. The first kappa shape index (κ1) is 26.4. The number of methoxy groups -OCH3 is 1. The van der Waals surface area contributed by atoms with Crippen LogP contribution in [-0.2, 0) is 19.0 Å². The standard InChI is InChI=1S/C26H31BClNO7/c1-4-5-16-11-18-23(25(32)29(24(18)31)26(33)35-3)19-13-27(34)36-21(22(16)19)9-6-14(2)10-15-7-8-17(30)12-20(15)28/h7-8,10,12,18-19,21,23,30,34H,4-6,9,11,13H2,1-3H3/b14-10+/t18-,19+,21-,23-/m1/s1. The van der Waals surface area contributed by atoms with Crippen LogP contribution in [0.5, 0.6) is 5.75 Å². The molecule has 2 fully saturated rings. The summed E-state index contributed by atoms with van der Waals surface area (Å²) in [7, 11) is 0.0724. The van der Waals surface area contributed by atoms with E-state index in [0.29, 0.717) is 29.2 Å². The Hall–Kier alpha value is -2.62. The minimum absolute atomic E-state index is 0.0992. The molecule has 3 aliphatic rings. The van der Waals surface area contributed by atoms with Gasteiger partial charge in [-0.05, 0) is 74.2 Å². The van der Waals surface area contributed by atoms with E-state index in [2.05, 4.69) is 6.92 Å². The minimum Gasteiger partial charge on any atom is -0.508 e. The molecule has 0 aromatic heterocycles. The molecule has 1 aromatic carbocycles. The van der Waals surface area contributed by atoms with Crippen LogP contribution in [0, 0.1) is 17.8 Å². The van der Waals surface area contributed by atoms with Crippen LogP contribution in [0.15, 0.2) is 34.9 Å². The number of hydrogen-bond acceptors (Lipinski definition) is 7. The first-order valence-electron chi connectivity index (χ1n) is 12.3. The quantitative estimate of drug-likeness (QED) is 0.323. The third-order valence-electron chi connectivity index (χ3n) is 7.40. The van der Waals surface area contributed by atoms with Crippen LogP contribution in [0.1, 0.15) is 51.5 Å². The van der Waals surface area contributed by atoms with Crippen molar-refractivity contribution in [2.24, 2.45) is 17.8 Å². The van der Waals surface area contributed by atoms with Gasteiger partial charge in [-0.2, -0.15) is 4.90 Å². The number of hydrogen-bond donors (Lipinski definition) is 2. The Bertz CT molecular complexity index is 1130. The van der Waals surface area contributed by atoms with Gasteiger partial charge in [0, 0.05) is 0 Å². The molecule has 2 aliphatic heterocycles. The van der Waals surface area contributed by atoms with Gasteiger partial charge in [0.05, 0.1) is 30.1 Å². The van der Waals surface area contributed by atoms with Crippen LogP contribution in [-0.4, -0.2) is 53.3 Å². The number of carbonyl (C=O) groups is 3. The first-order chi connectivity index (χ1) is 17.2. The number of phenolic OH excluding ortho intramolecular Hbond substituents is 1. The second-order valence-corrected chi connectivity index (χ2v) is 10.2. The van der Waals surface area contributed by atoms with E-state index < -0.39 is 43.0 Å². The molecule has 2 heterocycles. The summed E-state index contributed by atoms with van der Waals surface area (Å²) in [5.74, 6) is -2.69. The first-order valence-corrected chi connectivity index (χ1v) is 12.7. The number of allylic oxidation sites excluding steroid dienone is 2. The van der Waals surface area contributed by atoms with Crippen molar-refractivity contribution in [2.45, 2.75) is 58.4 Å². The fourth-order valence-corrected chi connectivity index (χ4v) is 6.13. The van der Waals surface area contributed by atoms with Crippen molar-refractivity contribution >= 4 is 42.7 Å². The molecule has 1 aromatic rings. The van der Waals surface area contributed by atoms with Crippen LogP contribution in [0.3, 0.4) is 0 Å². The number of benzene rings is 1. The van der Waals surface area contributed by atoms with E-state index in [0.717, 1.165) is 42.2 Å². The molecule has 0 bridgehead atoms. The molecule has 0 saturated carbocycles. The second kappa shape index (κ2) is 10.8. The maximum absolute atomic E-state index is 13.2. The number of nitrogens with zero attached hydrogens (tertiary/aromatic N) is 1. The van der Waals surface area contributed by atoms with Gasteiger partial charge in [0.2, 0.25) is 11.8 Å². The third-order valence-corrected chi connectivity index (χ3v) is 7.73. The Balaban J connectivity index is 1.61. The number of likely N-dealkylation sites (tertiary alicyclic amines) is 1. The van der Waals surface area contributed by atoms with Crippen molar-refractivity contribution in [2.75, 3.05) is 7.11 Å². The lowest BCUT2D eigenvalue weighted by Crippen LogP contribution is -2.46. The average molecular weight is 516 g/mol. The Morgan fingerprint density at radius 2 is 2.06 bits per heavy atom. The zero-order chi connectivity index (χ0) is 26.1. The van der Waals surface area contributed by atoms with Crippen LogP contribution in [0.2, 0.25) is 11.3 Å². The summed E-state index contributed by atoms with van der Waals surface area (Å²) in [6.07, 6.45) is 4.02. The Kier molecular flexibility index (Phi) is 7.92. The zero-order valence-corrected chi connectivity index (χ0v) is 21.5. The lowest BCUT2D eigenvalue weighted by Gasteiger charge is -2.43. The SMILES string of the molecule is CCCC1=C2[C@@H](CC/C(C)=C/c3ccc(O)cc3Cl)OB(O)C[C@@H]2[C@@H]2C(=O)N(C(=O)OC)C(=O)[C@@H]2C1. The molecule has 0 spiro atoms. The van der Waals surface area contributed by atoms with Gasteiger partial charge >= 0.3 is 13.2 Å². The van der Waals surface area contributed by atoms with E-state index >= 15 is 0 Å². The number of fused-ring (bicyclic) bond motifs is 3. The van der Waals surface area contributed by atoms with E-state index in [4.69, 9.17) is 21.0 Å². The molecular weight excluding hydrogens is 485 g/mol. The normalized spacial score (nSPS) is 26.3. The molecule has 4 atom stereocenters. The van der Waals surface area contributed by atoms with Gasteiger partial charge in [-0.25, -0.2) is 4.79 Å². The molecule has 2 saturated heterocycles. The molecule has 8 nitrogen and oxygen atoms in total. The largest absolute Gasteiger partial charge is 0.508 e. The molecule has 3 amide bonds. The Labute approximate surface area is 216 Å². The van der Waals surface area contributed by atoms with Crippen molar-refractivity contribution in [1.29, 1.82) is 0 Å². The van der Waals surface area contributed by atoms with Gasteiger partial charge in [0.25, 0.3) is 0 Å². The highest BCUT2D eigenvalue weighted by atomic mass is 35.5. The molecular formula is C26H31BClNO7. The smallest absolute Gasteiger partial charge is 0.455 e. The zero-order valence-electron chi connectivity index (χ0n) is 20.7. The summed E-state index contributed by atoms with van der Waals surface area (Å²) >= 11 is 6.24. The van der Waals surface area contributed by atoms with Gasteiger partial charge in [-0.15, -0.1) is 0 Å². The van der Waals surface area contributed by atoms with Crippen molar-refractivity contribution in [3.8, 4) is 5.75 Å². The lowest BCUT2D eigenvalue weighted by atomic mass is 9.58. The lowest BCUT2D eigenvalue weighted by molar-refractivity contribution is -0.137. The van der Waals surface area contributed by atoms with Gasteiger partial charge < -0.3 is 19.5 Å². The van der Waals surface area contributed by atoms with Gasteiger partial charge in [-0.3, -0.25) is 9.59 Å². The van der Waals surface area contributed by atoms with Crippen LogP contribution in [0.25, 0.3) is 6.08 Å². The van der Waals surface area contributed by atoms with Crippen molar-refractivity contribution in [3.05, 3.63) is 45.5 Å². The third kappa shape index (κ3) is 4.97. The highest BCUT2D eigenvalue weighted by molar-refractivity contribution is 6.43. The number of carbonyl (C=O) groups excluding carboxylic acids is 3. The van der Waals surface area contributed by atoms with Crippen molar-refractivity contribution in [3.63, 3.8) is 0 Å². The highest BCUT2D eigenvalue weighted by Gasteiger charge is 2.59. The topological polar surface area (TPSA) is 113 Å². The molecule has 0 unspecified atom stereocenters. The number of rotatable bonds is 6. The molecule has 36 heavy (non-hydrogen) atoms. The van der Waals surface area contributed by atoms with E-state index in [1.165, 1.54) is 6.07 Å². The number of aromatic hydroxyl groups is 1. The van der Waals surface area contributed by atoms with Gasteiger partial charge in [0.15, 0.2) is 0 Å². The fraction of sp³-hybridized carbons (Fsp3) is 0.500. The number of phenols is 1. The molecule has 4 rings (SSSR count). The molecule has 1 aliphatic carbocycles. The monoisotopic (exact) mass is 515 g/mol. The number of halogens is 1. The maximum Gasteiger partial charge on any atom is 0.455 e. The second-order valence-electron chi connectivity index (χ2n) is 9.78. The summed E-state index contributed by atoms with van der Waals surface area (Å²) in [6.45, 7) is 4.03. The van der Waals surface area contributed by atoms with E-state index in [-0.39, 0.29) is 18.0 Å². The van der Waals surface area contributed by atoms with E-state index in [1.807, 2.05) is 13.0 Å². The van der Waals surface area contributed by atoms with Crippen molar-refractivity contribution in [1.82, 2.24) is 4.90 Å². The van der Waals surface area contributed by atoms with E-state index in [9.17, 15) is 24.5 Å². The average Bonchev–Trinajstić information content (AvgIpc) is 3.08. The number of imide groups is 3. The van der Waals surface area contributed by atoms with Crippen molar-refractivity contribution < 1.29 is 33.9 Å². The maximum atomic E-state index is 13.2. The molecule has 10 heteroatoms. The predicted molar refractivity (Wildman–Crippen MR) is 135 cm³/mol. The molecule has 0 radical (unpaired) electrons. The summed E-state index contributed by atoms with van der Waals surface area (Å²) in [6, 6.07) is 4.81. The Morgan fingerprint density at radius 1 is 1.31 bits per heavy atom. The van der Waals surface area contributed by atoms with Gasteiger partial charge in [0.1, 0.15) is 5.75 Å². The summed E-state index contributed by atoms with van der Waals surface area (Å²) in [5, 5.41) is 20.6. The summed E-state index contributed by atoms with van der Waals surface area (Å²) in [4.78, 5) is 39.1. The Morgan fingerprint density at radius 3 is 2.72 bits per heavy atom. The van der Waals surface area contributed by atoms with Crippen LogP contribution < -0.4 is 0 Å². The van der Waals surface area contributed by atoms with E-state index in [1.54, 1.807) is 12.1 Å². The van der Waals surface area contributed by atoms with Crippen LogP contribution in [0.4, 0.5) is 4.79 Å². The molecule has 2 N–H and O–H groups in total. The summed E-state index contributed by atoms with van der Waals surface area (Å²) < 4.78 is 10.7. The summed E-state index contributed by atoms with van der Waals surface area (Å²) in [5.41, 5.74) is 3.90. The van der Waals surface area contributed by atoms with Gasteiger partial charge in [-0.1, -0.05) is 42.2 Å². The number of ether oxygens (including phenoxy) is 1. The van der Waals surface area contributed by atoms with Crippen LogP contribution >= 0.6 is 11.6 Å². The molecule has 192 valence electrons.